The maximum absolute atomic E-state index is 12.3. The molecule has 0 atom stereocenters. The number of amides is 1. The Hall–Kier alpha value is -3.21. The Morgan fingerprint density at radius 3 is 2.65 bits per heavy atom. The van der Waals surface area contributed by atoms with Crippen molar-refractivity contribution in [2.45, 2.75) is 6.42 Å². The van der Waals surface area contributed by atoms with Crippen molar-refractivity contribution in [3.63, 3.8) is 0 Å². The third-order valence-corrected chi connectivity index (χ3v) is 4.26. The third-order valence-electron chi connectivity index (χ3n) is 4.26. The lowest BCUT2D eigenvalue weighted by Gasteiger charge is -2.12. The predicted octanol–water partition coefficient (Wildman–Crippen LogP) is 4.05. The van der Waals surface area contributed by atoms with E-state index in [1.807, 2.05) is 42.5 Å². The largest absolute Gasteiger partial charge is 0.490 e. The molecule has 0 radical (unpaired) electrons. The number of carbonyl (C=O) groups is 1. The van der Waals surface area contributed by atoms with Gasteiger partial charge in [-0.25, -0.2) is 0 Å². The lowest BCUT2D eigenvalue weighted by Crippen LogP contribution is -2.21. The number of hydrogen-bond acceptors (Lipinski definition) is 4. The van der Waals surface area contributed by atoms with Gasteiger partial charge in [-0.3, -0.25) is 4.79 Å². The lowest BCUT2D eigenvalue weighted by atomic mass is 10.1. The fraction of sp³-hybridized carbons (Fsp3) is 0.190. The molecule has 0 saturated heterocycles. The van der Waals surface area contributed by atoms with E-state index in [0.717, 1.165) is 28.6 Å². The lowest BCUT2D eigenvalue weighted by molar-refractivity contribution is -0.114. The van der Waals surface area contributed by atoms with Gasteiger partial charge < -0.3 is 20.1 Å². The first-order valence-electron chi connectivity index (χ1n) is 8.71. The van der Waals surface area contributed by atoms with Crippen LogP contribution >= 0.6 is 0 Å². The van der Waals surface area contributed by atoms with E-state index in [2.05, 4.69) is 22.8 Å². The molecule has 0 unspecified atom stereocenters. The molecule has 0 aliphatic carbocycles. The number of fused-ring (bicyclic) bond motifs is 2. The molecule has 2 N–H and O–H groups in total. The van der Waals surface area contributed by atoms with Gasteiger partial charge in [0.15, 0.2) is 11.5 Å². The molecule has 1 heterocycles. The minimum atomic E-state index is -0.118. The van der Waals surface area contributed by atoms with Crippen molar-refractivity contribution in [2.75, 3.05) is 30.4 Å². The van der Waals surface area contributed by atoms with Crippen LogP contribution in [-0.2, 0) is 4.79 Å². The summed E-state index contributed by atoms with van der Waals surface area (Å²) in [6.45, 7) is 1.45. The molecule has 1 amide bonds. The average molecular weight is 348 g/mol. The van der Waals surface area contributed by atoms with Crippen LogP contribution in [0.4, 0.5) is 11.4 Å². The highest BCUT2D eigenvalue weighted by Crippen LogP contribution is 2.32. The highest BCUT2D eigenvalue weighted by molar-refractivity contribution is 5.98. The van der Waals surface area contributed by atoms with E-state index in [0.29, 0.717) is 24.7 Å². The van der Waals surface area contributed by atoms with Crippen molar-refractivity contribution in [1.29, 1.82) is 0 Å². The Labute approximate surface area is 151 Å². The van der Waals surface area contributed by atoms with Crippen LogP contribution in [0, 0.1) is 0 Å². The van der Waals surface area contributed by atoms with Crippen molar-refractivity contribution >= 4 is 28.1 Å². The zero-order valence-electron chi connectivity index (χ0n) is 14.3. The van der Waals surface area contributed by atoms with Crippen molar-refractivity contribution in [3.05, 3.63) is 60.7 Å². The monoisotopic (exact) mass is 348 g/mol. The smallest absolute Gasteiger partial charge is 0.243 e. The molecule has 26 heavy (non-hydrogen) atoms. The first kappa shape index (κ1) is 16.3. The zero-order chi connectivity index (χ0) is 17.8. The molecule has 3 aromatic carbocycles. The molecule has 0 aromatic heterocycles. The molecule has 5 nitrogen and oxygen atoms in total. The van der Waals surface area contributed by atoms with Gasteiger partial charge in [0.2, 0.25) is 5.91 Å². The van der Waals surface area contributed by atoms with E-state index in [1.165, 1.54) is 0 Å². The molecular weight excluding hydrogens is 328 g/mol. The van der Waals surface area contributed by atoms with Gasteiger partial charge in [0, 0.05) is 29.2 Å². The number of nitrogens with one attached hydrogen (secondary N) is 2. The van der Waals surface area contributed by atoms with Crippen LogP contribution in [-0.4, -0.2) is 25.7 Å². The summed E-state index contributed by atoms with van der Waals surface area (Å²) in [5, 5.41) is 8.34. The molecule has 132 valence electrons. The summed E-state index contributed by atoms with van der Waals surface area (Å²) < 4.78 is 11.3. The van der Waals surface area contributed by atoms with Gasteiger partial charge >= 0.3 is 0 Å². The summed E-state index contributed by atoms with van der Waals surface area (Å²) in [4.78, 5) is 12.3. The van der Waals surface area contributed by atoms with Crippen molar-refractivity contribution < 1.29 is 14.3 Å². The van der Waals surface area contributed by atoms with E-state index in [1.54, 1.807) is 6.07 Å². The van der Waals surface area contributed by atoms with E-state index < -0.39 is 0 Å². The summed E-state index contributed by atoms with van der Waals surface area (Å²) in [6.07, 6.45) is 0.853. The molecule has 5 heteroatoms. The van der Waals surface area contributed by atoms with Crippen molar-refractivity contribution in [3.8, 4) is 11.5 Å². The summed E-state index contributed by atoms with van der Waals surface area (Å²) >= 11 is 0. The maximum atomic E-state index is 12.3. The highest BCUT2D eigenvalue weighted by atomic mass is 16.5. The fourth-order valence-electron chi connectivity index (χ4n) is 3.00. The maximum Gasteiger partial charge on any atom is 0.243 e. The van der Waals surface area contributed by atoms with Gasteiger partial charge in [-0.15, -0.1) is 0 Å². The Morgan fingerprint density at radius 2 is 1.73 bits per heavy atom. The summed E-state index contributed by atoms with van der Waals surface area (Å²) in [5.74, 6) is 1.27. The van der Waals surface area contributed by atoms with Gasteiger partial charge in [0.05, 0.1) is 19.8 Å². The minimum Gasteiger partial charge on any atom is -0.490 e. The van der Waals surface area contributed by atoms with Gasteiger partial charge in [-0.1, -0.05) is 36.4 Å². The SMILES string of the molecule is O=C(CNc1cccc2ccccc12)Nc1ccc2c(c1)OCCCO2. The molecule has 0 saturated carbocycles. The van der Waals surface area contributed by atoms with Gasteiger partial charge in [-0.2, -0.15) is 0 Å². The number of ether oxygens (including phenoxy) is 2. The second kappa shape index (κ2) is 7.35. The second-order valence-corrected chi connectivity index (χ2v) is 6.14. The van der Waals surface area contributed by atoms with Crippen LogP contribution < -0.4 is 20.1 Å². The minimum absolute atomic E-state index is 0.118. The van der Waals surface area contributed by atoms with Gasteiger partial charge in [0.25, 0.3) is 0 Å². The van der Waals surface area contributed by atoms with Crippen LogP contribution in [0.5, 0.6) is 11.5 Å². The van der Waals surface area contributed by atoms with Crippen LogP contribution in [0.15, 0.2) is 60.7 Å². The normalized spacial score (nSPS) is 13.1. The second-order valence-electron chi connectivity index (χ2n) is 6.14. The Kier molecular flexibility index (Phi) is 4.60. The number of rotatable bonds is 4. The summed E-state index contributed by atoms with van der Waals surface area (Å²) in [7, 11) is 0. The molecule has 4 rings (SSSR count). The summed E-state index contributed by atoms with van der Waals surface area (Å²) in [5.41, 5.74) is 1.64. The van der Waals surface area contributed by atoms with Crippen LogP contribution in [0.25, 0.3) is 10.8 Å². The Balaban J connectivity index is 1.42. The van der Waals surface area contributed by atoms with E-state index in [-0.39, 0.29) is 12.5 Å². The van der Waals surface area contributed by atoms with Crippen LogP contribution in [0.3, 0.4) is 0 Å². The quantitative estimate of drug-likeness (QED) is 0.747. The zero-order valence-corrected chi connectivity index (χ0v) is 14.3. The fourth-order valence-corrected chi connectivity index (χ4v) is 3.00. The standard InChI is InChI=1S/C21H20N2O3/c24-21(14-22-18-8-3-6-15-5-1-2-7-17(15)18)23-16-9-10-19-20(13-16)26-12-4-11-25-19/h1-3,5-10,13,22H,4,11-12,14H2,(H,23,24). The first-order chi connectivity index (χ1) is 12.8. The number of carbonyl (C=O) groups excluding carboxylic acids is 1. The van der Waals surface area contributed by atoms with Gasteiger partial charge in [0.1, 0.15) is 0 Å². The Morgan fingerprint density at radius 1 is 0.923 bits per heavy atom. The van der Waals surface area contributed by atoms with E-state index in [9.17, 15) is 4.79 Å². The molecule has 0 fully saturated rings. The molecule has 3 aromatic rings. The average Bonchev–Trinajstić information content (AvgIpc) is 2.91. The van der Waals surface area contributed by atoms with E-state index in [4.69, 9.17) is 9.47 Å². The topological polar surface area (TPSA) is 59.6 Å². The first-order valence-corrected chi connectivity index (χ1v) is 8.71. The van der Waals surface area contributed by atoms with Crippen LogP contribution in [0.2, 0.25) is 0 Å². The molecule has 1 aliphatic heterocycles. The van der Waals surface area contributed by atoms with Crippen LogP contribution in [0.1, 0.15) is 6.42 Å². The van der Waals surface area contributed by atoms with Gasteiger partial charge in [-0.05, 0) is 23.6 Å². The number of hydrogen-bond donors (Lipinski definition) is 2. The molecule has 0 bridgehead atoms. The highest BCUT2D eigenvalue weighted by Gasteiger charge is 2.12. The molecule has 1 aliphatic rings. The van der Waals surface area contributed by atoms with Crippen molar-refractivity contribution in [2.24, 2.45) is 0 Å². The number of anilines is 2. The van der Waals surface area contributed by atoms with E-state index >= 15 is 0 Å². The molecular formula is C21H20N2O3. The number of benzene rings is 3. The predicted molar refractivity (Wildman–Crippen MR) is 103 cm³/mol. The molecule has 0 spiro atoms. The third kappa shape index (κ3) is 3.57. The van der Waals surface area contributed by atoms with Crippen molar-refractivity contribution in [1.82, 2.24) is 0 Å². The summed E-state index contributed by atoms with van der Waals surface area (Å²) in [6, 6.07) is 19.5. The Bertz CT molecular complexity index is 934.